The van der Waals surface area contributed by atoms with E-state index in [1.807, 2.05) is 31.2 Å². The van der Waals surface area contributed by atoms with Crippen LogP contribution in [0.1, 0.15) is 12.5 Å². The maximum Gasteiger partial charge on any atom is 0.264 e. The second-order valence-electron chi connectivity index (χ2n) is 5.06. The molecule has 1 aliphatic rings. The third-order valence-electron chi connectivity index (χ3n) is 3.29. The number of carbonyl (C=O) groups is 1. The number of carbonyl (C=O) groups excluding carboxylic acids is 1. The van der Waals surface area contributed by atoms with Crippen molar-refractivity contribution in [3.63, 3.8) is 0 Å². The highest BCUT2D eigenvalue weighted by molar-refractivity contribution is 8.18. The zero-order chi connectivity index (χ0) is 17.8. The number of hydrogen-bond donors (Lipinski definition) is 1. The number of nitrogens with one attached hydrogen (secondary N) is 1. The van der Waals surface area contributed by atoms with E-state index in [0.717, 1.165) is 11.3 Å². The smallest absolute Gasteiger partial charge is 0.264 e. The summed E-state index contributed by atoms with van der Waals surface area (Å²) in [4.78, 5) is 17.1. The van der Waals surface area contributed by atoms with Gasteiger partial charge in [-0.25, -0.2) is 4.99 Å². The molecule has 0 aromatic heterocycles. The molecule has 0 atom stereocenters. The first-order valence-corrected chi connectivity index (χ1v) is 9.10. The predicted octanol–water partition coefficient (Wildman–Crippen LogP) is 5.28. The van der Waals surface area contributed by atoms with Gasteiger partial charge in [-0.3, -0.25) is 4.79 Å². The Labute approximate surface area is 159 Å². The van der Waals surface area contributed by atoms with Crippen LogP contribution in [-0.4, -0.2) is 17.7 Å². The number of hydrogen-bond acceptors (Lipinski definition) is 4. The van der Waals surface area contributed by atoms with E-state index in [0.29, 0.717) is 32.4 Å². The Hall–Kier alpha value is -1.95. The van der Waals surface area contributed by atoms with Gasteiger partial charge in [0.05, 0.1) is 27.2 Å². The van der Waals surface area contributed by atoms with E-state index in [9.17, 15) is 4.79 Å². The van der Waals surface area contributed by atoms with E-state index in [-0.39, 0.29) is 5.91 Å². The Morgan fingerprint density at radius 2 is 1.96 bits per heavy atom. The third-order valence-corrected chi connectivity index (χ3v) is 5.01. The molecule has 2 aromatic carbocycles. The van der Waals surface area contributed by atoms with E-state index >= 15 is 0 Å². The van der Waals surface area contributed by atoms with Gasteiger partial charge in [0.25, 0.3) is 5.91 Å². The quantitative estimate of drug-likeness (QED) is 0.719. The van der Waals surface area contributed by atoms with Gasteiger partial charge >= 0.3 is 0 Å². The molecule has 0 spiro atoms. The molecule has 25 heavy (non-hydrogen) atoms. The SMILES string of the molecule is CCOc1ccc(C=C2SC(=Nc3cccc(Cl)c3Cl)NC2=O)cc1. The normalized spacial score (nSPS) is 17.2. The Balaban J connectivity index is 1.80. The number of amidine groups is 1. The van der Waals surface area contributed by atoms with E-state index in [4.69, 9.17) is 27.9 Å². The third kappa shape index (κ3) is 4.37. The van der Waals surface area contributed by atoms with Gasteiger partial charge in [-0.05, 0) is 54.6 Å². The molecule has 1 aliphatic heterocycles. The van der Waals surface area contributed by atoms with Crippen LogP contribution in [0.5, 0.6) is 5.75 Å². The molecule has 0 unspecified atom stereocenters. The molecule has 0 bridgehead atoms. The maximum absolute atomic E-state index is 12.1. The fraction of sp³-hybridized carbons (Fsp3) is 0.111. The van der Waals surface area contributed by atoms with Gasteiger partial charge in [-0.1, -0.05) is 41.4 Å². The number of rotatable bonds is 4. The van der Waals surface area contributed by atoms with Crippen molar-refractivity contribution in [2.45, 2.75) is 6.92 Å². The average Bonchev–Trinajstić information content (AvgIpc) is 2.93. The summed E-state index contributed by atoms with van der Waals surface area (Å²) in [6.07, 6.45) is 1.80. The molecule has 1 saturated heterocycles. The first-order valence-electron chi connectivity index (χ1n) is 7.53. The topological polar surface area (TPSA) is 50.7 Å². The summed E-state index contributed by atoms with van der Waals surface area (Å²) < 4.78 is 5.41. The van der Waals surface area contributed by atoms with Crippen LogP contribution in [-0.2, 0) is 4.79 Å². The summed E-state index contributed by atoms with van der Waals surface area (Å²) in [5.41, 5.74) is 1.42. The minimum Gasteiger partial charge on any atom is -0.494 e. The number of amides is 1. The van der Waals surface area contributed by atoms with Crippen molar-refractivity contribution in [2.75, 3.05) is 6.61 Å². The van der Waals surface area contributed by atoms with Crippen LogP contribution >= 0.6 is 35.0 Å². The van der Waals surface area contributed by atoms with Crippen LogP contribution in [0.4, 0.5) is 5.69 Å². The highest BCUT2D eigenvalue weighted by Crippen LogP contribution is 2.34. The Morgan fingerprint density at radius 3 is 2.68 bits per heavy atom. The second kappa shape index (κ2) is 7.95. The minimum atomic E-state index is -0.198. The van der Waals surface area contributed by atoms with Gasteiger partial charge in [0.2, 0.25) is 0 Å². The highest BCUT2D eigenvalue weighted by Gasteiger charge is 2.24. The summed E-state index contributed by atoms with van der Waals surface area (Å²) in [6.45, 7) is 2.55. The molecule has 1 heterocycles. The van der Waals surface area contributed by atoms with Crippen molar-refractivity contribution in [2.24, 2.45) is 4.99 Å². The Morgan fingerprint density at radius 1 is 1.20 bits per heavy atom. The number of halogens is 2. The first-order chi connectivity index (χ1) is 12.1. The van der Waals surface area contributed by atoms with Crippen molar-refractivity contribution < 1.29 is 9.53 Å². The van der Waals surface area contributed by atoms with Gasteiger partial charge in [0, 0.05) is 0 Å². The van der Waals surface area contributed by atoms with Gasteiger partial charge in [-0.2, -0.15) is 0 Å². The van der Waals surface area contributed by atoms with Crippen molar-refractivity contribution in [3.8, 4) is 5.75 Å². The molecule has 128 valence electrons. The molecular formula is C18H14Cl2N2O2S. The molecule has 1 amide bonds. The highest BCUT2D eigenvalue weighted by atomic mass is 35.5. The van der Waals surface area contributed by atoms with Crippen LogP contribution in [0.3, 0.4) is 0 Å². The molecule has 3 rings (SSSR count). The summed E-state index contributed by atoms with van der Waals surface area (Å²) in [5.74, 6) is 0.599. The lowest BCUT2D eigenvalue weighted by molar-refractivity contribution is -0.115. The fourth-order valence-corrected chi connectivity index (χ4v) is 3.32. The number of aliphatic imine (C=N–C) groups is 1. The van der Waals surface area contributed by atoms with Gasteiger partial charge < -0.3 is 10.1 Å². The van der Waals surface area contributed by atoms with E-state index < -0.39 is 0 Å². The monoisotopic (exact) mass is 392 g/mol. The minimum absolute atomic E-state index is 0.198. The summed E-state index contributed by atoms with van der Waals surface area (Å²) >= 11 is 13.4. The van der Waals surface area contributed by atoms with Crippen LogP contribution in [0.2, 0.25) is 10.0 Å². The molecule has 4 nitrogen and oxygen atoms in total. The lowest BCUT2D eigenvalue weighted by Gasteiger charge is -2.02. The van der Waals surface area contributed by atoms with Gasteiger partial charge in [0.1, 0.15) is 5.75 Å². The number of ether oxygens (including phenoxy) is 1. The Bertz CT molecular complexity index is 864. The predicted molar refractivity (Wildman–Crippen MR) is 105 cm³/mol. The summed E-state index contributed by atoms with van der Waals surface area (Å²) in [7, 11) is 0. The van der Waals surface area contributed by atoms with Crippen LogP contribution in [0, 0.1) is 0 Å². The van der Waals surface area contributed by atoms with Crippen molar-refractivity contribution >= 4 is 57.8 Å². The molecule has 1 fully saturated rings. The summed E-state index contributed by atoms with van der Waals surface area (Å²) in [5, 5.41) is 3.97. The molecule has 0 aliphatic carbocycles. The van der Waals surface area contributed by atoms with Gasteiger partial charge in [-0.15, -0.1) is 0 Å². The zero-order valence-electron chi connectivity index (χ0n) is 13.3. The fourth-order valence-electron chi connectivity index (χ4n) is 2.15. The molecule has 0 saturated carbocycles. The molecule has 0 radical (unpaired) electrons. The molecule has 2 aromatic rings. The maximum atomic E-state index is 12.1. The van der Waals surface area contributed by atoms with Crippen LogP contribution in [0.15, 0.2) is 52.4 Å². The average molecular weight is 393 g/mol. The van der Waals surface area contributed by atoms with Gasteiger partial charge in [0.15, 0.2) is 5.17 Å². The Kier molecular flexibility index (Phi) is 5.68. The standard InChI is InChI=1S/C18H14Cl2N2O2S/c1-2-24-12-8-6-11(7-9-12)10-15-17(23)22-18(25-15)21-14-5-3-4-13(19)16(14)20/h3-10H,2H2,1H3,(H,21,22,23). The molecular weight excluding hydrogens is 379 g/mol. The summed E-state index contributed by atoms with van der Waals surface area (Å²) in [6, 6.07) is 12.7. The number of thioether (sulfide) groups is 1. The lowest BCUT2D eigenvalue weighted by atomic mass is 10.2. The van der Waals surface area contributed by atoms with Crippen LogP contribution < -0.4 is 10.1 Å². The number of benzene rings is 2. The van der Waals surface area contributed by atoms with E-state index in [1.54, 1.807) is 24.3 Å². The number of nitrogens with zero attached hydrogens (tertiary/aromatic N) is 1. The lowest BCUT2D eigenvalue weighted by Crippen LogP contribution is -2.19. The van der Waals surface area contributed by atoms with Crippen molar-refractivity contribution in [1.82, 2.24) is 5.32 Å². The zero-order valence-corrected chi connectivity index (χ0v) is 15.6. The first kappa shape index (κ1) is 17.9. The van der Waals surface area contributed by atoms with E-state index in [2.05, 4.69) is 10.3 Å². The van der Waals surface area contributed by atoms with Crippen LogP contribution in [0.25, 0.3) is 6.08 Å². The van der Waals surface area contributed by atoms with Crippen molar-refractivity contribution in [3.05, 3.63) is 63.0 Å². The molecule has 7 heteroatoms. The van der Waals surface area contributed by atoms with Crippen molar-refractivity contribution in [1.29, 1.82) is 0 Å². The molecule has 1 N–H and O–H groups in total. The van der Waals surface area contributed by atoms with E-state index in [1.165, 1.54) is 11.8 Å². The second-order valence-corrected chi connectivity index (χ2v) is 6.87. The largest absolute Gasteiger partial charge is 0.494 e.